The van der Waals surface area contributed by atoms with E-state index in [2.05, 4.69) is 0 Å². The average Bonchev–Trinajstić information content (AvgIpc) is 3.49. The molecule has 2 aliphatic rings. The fourth-order valence-electron chi connectivity index (χ4n) is 4.34. The van der Waals surface area contributed by atoms with Crippen LogP contribution in [0.4, 0.5) is 5.69 Å². The molecule has 184 valence electrons. The van der Waals surface area contributed by atoms with Gasteiger partial charge in [-0.2, -0.15) is 0 Å². The number of hydrogen-bond donors (Lipinski definition) is 1. The highest BCUT2D eigenvalue weighted by Gasteiger charge is 2.47. The van der Waals surface area contributed by atoms with Crippen LogP contribution < -0.4 is 23.8 Å². The molecular weight excluding hydrogens is 462 g/mol. The molecule has 0 radical (unpaired) electrons. The van der Waals surface area contributed by atoms with E-state index in [0.29, 0.717) is 46.4 Å². The molecule has 0 bridgehead atoms. The van der Waals surface area contributed by atoms with E-state index in [1.807, 2.05) is 6.92 Å². The Hall–Kier alpha value is -4.46. The highest BCUT2D eigenvalue weighted by atomic mass is 16.7. The van der Waals surface area contributed by atoms with Crippen LogP contribution in [0.15, 0.2) is 72.3 Å². The number of aliphatic hydroxyl groups excluding tert-OH is 1. The van der Waals surface area contributed by atoms with Gasteiger partial charge in [0.15, 0.2) is 11.5 Å². The SMILES string of the molecule is CCCOc1ccc(C2/C(=C(/O)c3ccc4c(c3)OCO4)C(=O)C(=O)N2c2cccc(OC)c2)cc1. The van der Waals surface area contributed by atoms with Crippen LogP contribution >= 0.6 is 0 Å². The molecule has 0 saturated carbocycles. The Balaban J connectivity index is 1.65. The van der Waals surface area contributed by atoms with Gasteiger partial charge in [-0.05, 0) is 54.4 Å². The standard InChI is InChI=1S/C28H25NO7/c1-3-13-34-20-10-7-17(8-11-20)25-24(26(30)18-9-12-22-23(14-18)36-16-35-22)27(31)28(32)29(25)19-5-4-6-21(15-19)33-2/h4-12,14-15,25,30H,3,13,16H2,1-2H3/b26-24-. The number of ether oxygens (including phenoxy) is 4. The second-order valence-electron chi connectivity index (χ2n) is 8.36. The number of benzene rings is 3. The lowest BCUT2D eigenvalue weighted by Gasteiger charge is -2.26. The van der Waals surface area contributed by atoms with Gasteiger partial charge in [0.2, 0.25) is 6.79 Å². The van der Waals surface area contributed by atoms with Gasteiger partial charge in [-0.25, -0.2) is 0 Å². The third-order valence-corrected chi connectivity index (χ3v) is 6.09. The molecule has 1 unspecified atom stereocenters. The number of Topliss-reactive ketones (excluding diaryl/α,β-unsaturated/α-hetero) is 1. The number of hydrogen-bond acceptors (Lipinski definition) is 7. The quantitative estimate of drug-likeness (QED) is 0.290. The lowest BCUT2D eigenvalue weighted by Crippen LogP contribution is -2.29. The van der Waals surface area contributed by atoms with Gasteiger partial charge in [0.1, 0.15) is 17.3 Å². The van der Waals surface area contributed by atoms with Gasteiger partial charge in [-0.3, -0.25) is 14.5 Å². The van der Waals surface area contributed by atoms with E-state index in [9.17, 15) is 14.7 Å². The van der Waals surface area contributed by atoms with Crippen molar-refractivity contribution < 1.29 is 33.6 Å². The molecule has 3 aromatic rings. The minimum absolute atomic E-state index is 0.0242. The molecule has 1 amide bonds. The second kappa shape index (κ2) is 9.65. The fraction of sp³-hybridized carbons (Fsp3) is 0.214. The summed E-state index contributed by atoms with van der Waals surface area (Å²) in [6, 6.07) is 18.1. The van der Waals surface area contributed by atoms with Crippen LogP contribution in [0.5, 0.6) is 23.0 Å². The molecule has 1 N–H and O–H groups in total. The van der Waals surface area contributed by atoms with Gasteiger partial charge < -0.3 is 24.1 Å². The Morgan fingerprint density at radius 2 is 1.78 bits per heavy atom. The number of methoxy groups -OCH3 is 1. The number of ketones is 1. The van der Waals surface area contributed by atoms with E-state index in [1.54, 1.807) is 66.7 Å². The van der Waals surface area contributed by atoms with E-state index in [1.165, 1.54) is 12.0 Å². The van der Waals surface area contributed by atoms with Crippen molar-refractivity contribution in [2.24, 2.45) is 0 Å². The number of aliphatic hydroxyl groups is 1. The summed E-state index contributed by atoms with van der Waals surface area (Å²) in [6.07, 6.45) is 0.868. The molecule has 0 aliphatic carbocycles. The molecule has 2 aliphatic heterocycles. The summed E-state index contributed by atoms with van der Waals surface area (Å²) in [7, 11) is 1.53. The number of fused-ring (bicyclic) bond motifs is 1. The van der Waals surface area contributed by atoms with Crippen molar-refractivity contribution in [2.45, 2.75) is 19.4 Å². The monoisotopic (exact) mass is 487 g/mol. The van der Waals surface area contributed by atoms with Crippen molar-refractivity contribution in [3.8, 4) is 23.0 Å². The summed E-state index contributed by atoms with van der Waals surface area (Å²) in [5, 5.41) is 11.3. The number of nitrogens with zero attached hydrogens (tertiary/aromatic N) is 1. The fourth-order valence-corrected chi connectivity index (χ4v) is 4.34. The van der Waals surface area contributed by atoms with E-state index >= 15 is 0 Å². The maximum atomic E-state index is 13.4. The van der Waals surface area contributed by atoms with Crippen LogP contribution in [-0.2, 0) is 9.59 Å². The minimum atomic E-state index is -0.872. The van der Waals surface area contributed by atoms with Crippen molar-refractivity contribution in [2.75, 3.05) is 25.4 Å². The van der Waals surface area contributed by atoms with Crippen molar-refractivity contribution in [1.29, 1.82) is 0 Å². The Morgan fingerprint density at radius 1 is 1.00 bits per heavy atom. The zero-order chi connectivity index (χ0) is 25.2. The summed E-state index contributed by atoms with van der Waals surface area (Å²) in [4.78, 5) is 28.1. The molecule has 0 spiro atoms. The first-order valence-corrected chi connectivity index (χ1v) is 11.6. The highest BCUT2D eigenvalue weighted by molar-refractivity contribution is 6.51. The predicted molar refractivity (Wildman–Crippen MR) is 133 cm³/mol. The lowest BCUT2D eigenvalue weighted by molar-refractivity contribution is -0.132. The molecule has 1 atom stereocenters. The number of amides is 1. The molecule has 8 heteroatoms. The molecule has 1 saturated heterocycles. The summed E-state index contributed by atoms with van der Waals surface area (Å²) in [6.45, 7) is 2.67. The molecule has 0 aromatic heterocycles. The van der Waals surface area contributed by atoms with Crippen LogP contribution in [0, 0.1) is 0 Å². The second-order valence-corrected chi connectivity index (χ2v) is 8.36. The van der Waals surface area contributed by atoms with Gasteiger partial charge in [-0.1, -0.05) is 25.1 Å². The number of anilines is 1. The minimum Gasteiger partial charge on any atom is -0.507 e. The molecule has 8 nitrogen and oxygen atoms in total. The summed E-state index contributed by atoms with van der Waals surface area (Å²) in [5.74, 6) is 0.374. The van der Waals surface area contributed by atoms with E-state index in [0.717, 1.165) is 6.42 Å². The molecule has 3 aromatic carbocycles. The smallest absolute Gasteiger partial charge is 0.300 e. The van der Waals surface area contributed by atoms with E-state index < -0.39 is 17.7 Å². The Labute approximate surface area is 208 Å². The molecule has 36 heavy (non-hydrogen) atoms. The summed E-state index contributed by atoms with van der Waals surface area (Å²) < 4.78 is 21.8. The zero-order valence-corrected chi connectivity index (χ0v) is 19.9. The van der Waals surface area contributed by atoms with E-state index in [4.69, 9.17) is 18.9 Å². The number of carbonyl (C=O) groups is 2. The highest BCUT2D eigenvalue weighted by Crippen LogP contribution is 2.44. The third kappa shape index (κ3) is 4.11. The van der Waals surface area contributed by atoms with Gasteiger partial charge >= 0.3 is 0 Å². The maximum Gasteiger partial charge on any atom is 0.300 e. The zero-order valence-electron chi connectivity index (χ0n) is 19.9. The van der Waals surface area contributed by atoms with Crippen LogP contribution in [0.2, 0.25) is 0 Å². The Bertz CT molecular complexity index is 1350. The normalized spacial score (nSPS) is 17.9. The third-order valence-electron chi connectivity index (χ3n) is 6.09. The lowest BCUT2D eigenvalue weighted by atomic mass is 9.95. The first kappa shape index (κ1) is 23.3. The Morgan fingerprint density at radius 3 is 2.53 bits per heavy atom. The van der Waals surface area contributed by atoms with Crippen molar-refractivity contribution in [3.63, 3.8) is 0 Å². The topological polar surface area (TPSA) is 94.5 Å². The van der Waals surface area contributed by atoms with Gasteiger partial charge in [0.05, 0.1) is 25.3 Å². The first-order chi connectivity index (χ1) is 17.5. The van der Waals surface area contributed by atoms with Gasteiger partial charge in [0, 0.05) is 17.3 Å². The number of rotatable bonds is 7. The Kier molecular flexibility index (Phi) is 6.25. The number of carbonyl (C=O) groups excluding carboxylic acids is 2. The van der Waals surface area contributed by atoms with Gasteiger partial charge in [-0.15, -0.1) is 0 Å². The largest absolute Gasteiger partial charge is 0.507 e. The van der Waals surface area contributed by atoms with Crippen LogP contribution in [-0.4, -0.2) is 37.3 Å². The predicted octanol–water partition coefficient (Wildman–Crippen LogP) is 4.84. The van der Waals surface area contributed by atoms with Crippen LogP contribution in [0.3, 0.4) is 0 Å². The molecule has 1 fully saturated rings. The average molecular weight is 488 g/mol. The van der Waals surface area contributed by atoms with Crippen LogP contribution in [0.1, 0.15) is 30.5 Å². The van der Waals surface area contributed by atoms with Gasteiger partial charge in [0.25, 0.3) is 11.7 Å². The van der Waals surface area contributed by atoms with E-state index in [-0.39, 0.29) is 18.1 Å². The van der Waals surface area contributed by atoms with Crippen molar-refractivity contribution in [3.05, 3.63) is 83.4 Å². The molecule has 2 heterocycles. The van der Waals surface area contributed by atoms with Crippen molar-refractivity contribution in [1.82, 2.24) is 0 Å². The summed E-state index contributed by atoms with van der Waals surface area (Å²) in [5.41, 5.74) is 1.43. The molecule has 5 rings (SSSR count). The maximum absolute atomic E-state index is 13.4. The molecular formula is C28H25NO7. The van der Waals surface area contributed by atoms with Crippen molar-refractivity contribution >= 4 is 23.1 Å². The first-order valence-electron chi connectivity index (χ1n) is 11.6. The van der Waals surface area contributed by atoms with Crippen LogP contribution in [0.25, 0.3) is 5.76 Å². The summed E-state index contributed by atoms with van der Waals surface area (Å²) >= 11 is 0.